The van der Waals surface area contributed by atoms with Crippen molar-refractivity contribution >= 4 is 54.9 Å². The maximum absolute atomic E-state index is 6.62. The highest BCUT2D eigenvalue weighted by molar-refractivity contribution is 6.13. The van der Waals surface area contributed by atoms with Crippen LogP contribution in [0.15, 0.2) is 122 Å². The molecule has 7 heteroatoms. The molecule has 6 aromatic heterocycles. The molecule has 0 spiro atoms. The predicted octanol–water partition coefficient (Wildman–Crippen LogP) is 10.7. The van der Waals surface area contributed by atoms with Crippen LogP contribution in [0.25, 0.3) is 77.4 Å². The maximum Gasteiger partial charge on any atom is 0.147 e. The predicted molar refractivity (Wildman–Crippen MR) is 206 cm³/mol. The molecule has 0 aliphatic rings. The van der Waals surface area contributed by atoms with Crippen molar-refractivity contribution in [1.82, 2.24) is 28.7 Å². The van der Waals surface area contributed by atoms with Crippen LogP contribution in [0.2, 0.25) is 0 Å². The summed E-state index contributed by atoms with van der Waals surface area (Å²) in [5, 5.41) is 5.13. The van der Waals surface area contributed by atoms with Crippen molar-refractivity contribution in [2.45, 2.75) is 27.7 Å². The van der Waals surface area contributed by atoms with Gasteiger partial charge in [-0.15, -0.1) is 0 Å². The lowest BCUT2D eigenvalue weighted by molar-refractivity contribution is 0.484. The molecule has 0 fully saturated rings. The van der Waals surface area contributed by atoms with E-state index in [9.17, 15) is 0 Å². The summed E-state index contributed by atoms with van der Waals surface area (Å²) < 4.78 is 10.9. The summed E-state index contributed by atoms with van der Waals surface area (Å²) in [5.41, 5.74) is 13.6. The fourth-order valence-electron chi connectivity index (χ4n) is 7.95. The Hall–Kier alpha value is -6.60. The summed E-state index contributed by atoms with van der Waals surface area (Å²) >= 11 is 0. The summed E-state index contributed by atoms with van der Waals surface area (Å²) in [7, 11) is 0. The van der Waals surface area contributed by atoms with Crippen molar-refractivity contribution in [2.24, 2.45) is 0 Å². The summed E-state index contributed by atoms with van der Waals surface area (Å²) in [6, 6.07) is 33.6. The summed E-state index contributed by atoms with van der Waals surface area (Å²) in [6.07, 6.45) is 7.62. The molecule has 0 bridgehead atoms. The van der Waals surface area contributed by atoms with Gasteiger partial charge < -0.3 is 4.74 Å². The molecule has 6 heterocycles. The zero-order chi connectivity index (χ0) is 34.4. The lowest BCUT2D eigenvalue weighted by Crippen LogP contribution is -2.00. The van der Waals surface area contributed by atoms with Gasteiger partial charge in [-0.05, 0) is 116 Å². The van der Waals surface area contributed by atoms with Crippen LogP contribution in [0, 0.1) is 27.7 Å². The Balaban J connectivity index is 1.19. The fraction of sp³-hybridized carbons (Fsp3) is 0.0909. The van der Waals surface area contributed by atoms with Crippen molar-refractivity contribution in [3.05, 3.63) is 144 Å². The zero-order valence-electron chi connectivity index (χ0n) is 28.6. The van der Waals surface area contributed by atoms with Crippen LogP contribution in [0.4, 0.5) is 0 Å². The highest BCUT2D eigenvalue weighted by Gasteiger charge is 2.20. The standard InChI is InChI=1S/C44H32N6O/c1-25-8-5-9-26(2)39(25)36-18-17-33-31-15-13-29(22-34(31)43-47-24-38(50(43)44(33)48-36)40-27(3)10-6-11-28(40)4)51-30-14-16-32-35(23-30)42-46-20-21-49(42)37-12-7-19-45-41(32)37/h5-24H,1-4H3. The number of hydrogen-bond donors (Lipinski definition) is 0. The van der Waals surface area contributed by atoms with E-state index >= 15 is 0 Å². The van der Waals surface area contributed by atoms with Gasteiger partial charge in [-0.1, -0.05) is 36.4 Å². The number of aryl methyl sites for hydroxylation is 4. The number of hydrogen-bond acceptors (Lipinski definition) is 5. The van der Waals surface area contributed by atoms with Gasteiger partial charge in [0.1, 0.15) is 28.4 Å². The Morgan fingerprint density at radius 3 is 1.94 bits per heavy atom. The van der Waals surface area contributed by atoms with Crippen LogP contribution < -0.4 is 4.74 Å². The van der Waals surface area contributed by atoms with Crippen LogP contribution >= 0.6 is 0 Å². The molecule has 0 N–H and O–H groups in total. The SMILES string of the molecule is Cc1cccc(C)c1-c1ccc2c3ccc(Oc4ccc5c(c4)c4nccn4c4cccnc54)cc3c3ncc(-c4c(C)cccc4C)n3c2n1. The summed E-state index contributed by atoms with van der Waals surface area (Å²) in [4.78, 5) is 19.9. The first-order chi connectivity index (χ1) is 24.9. The van der Waals surface area contributed by atoms with Gasteiger partial charge in [0.2, 0.25) is 0 Å². The Morgan fingerprint density at radius 2 is 1.20 bits per heavy atom. The molecule has 51 heavy (non-hydrogen) atoms. The Bertz CT molecular complexity index is 3020. The smallest absolute Gasteiger partial charge is 0.147 e. The van der Waals surface area contributed by atoms with E-state index in [1.54, 1.807) is 0 Å². The molecular formula is C44H32N6O. The van der Waals surface area contributed by atoms with E-state index in [1.807, 2.05) is 43.0 Å². The number of rotatable bonds is 4. The van der Waals surface area contributed by atoms with Crippen LogP contribution in [-0.4, -0.2) is 28.7 Å². The second-order valence-corrected chi connectivity index (χ2v) is 13.4. The molecule has 0 radical (unpaired) electrons. The molecule has 0 aliphatic heterocycles. The first-order valence-corrected chi connectivity index (χ1v) is 17.1. The first-order valence-electron chi connectivity index (χ1n) is 17.1. The zero-order valence-corrected chi connectivity index (χ0v) is 28.6. The van der Waals surface area contributed by atoms with E-state index in [-0.39, 0.29) is 0 Å². The summed E-state index contributed by atoms with van der Waals surface area (Å²) in [5.74, 6) is 1.44. The summed E-state index contributed by atoms with van der Waals surface area (Å²) in [6.45, 7) is 8.62. The van der Waals surface area contributed by atoms with Gasteiger partial charge in [-0.2, -0.15) is 0 Å². The molecule has 0 amide bonds. The van der Waals surface area contributed by atoms with Crippen molar-refractivity contribution in [3.63, 3.8) is 0 Å². The third-order valence-corrected chi connectivity index (χ3v) is 10.3. The van der Waals surface area contributed by atoms with Crippen molar-refractivity contribution in [1.29, 1.82) is 0 Å². The van der Waals surface area contributed by atoms with E-state index < -0.39 is 0 Å². The van der Waals surface area contributed by atoms with E-state index in [4.69, 9.17) is 19.7 Å². The van der Waals surface area contributed by atoms with Crippen LogP contribution in [0.5, 0.6) is 11.5 Å². The second-order valence-electron chi connectivity index (χ2n) is 13.4. The number of nitrogens with zero attached hydrogens (tertiary/aromatic N) is 6. The normalized spacial score (nSPS) is 11.9. The number of aromatic nitrogens is 6. The monoisotopic (exact) mass is 660 g/mol. The van der Waals surface area contributed by atoms with Gasteiger partial charge in [0.25, 0.3) is 0 Å². The molecule has 0 saturated carbocycles. The average molecular weight is 661 g/mol. The minimum absolute atomic E-state index is 0.720. The molecule has 0 atom stereocenters. The lowest BCUT2D eigenvalue weighted by atomic mass is 9.98. The third-order valence-electron chi connectivity index (χ3n) is 10.3. The molecule has 0 aliphatic carbocycles. The van der Waals surface area contributed by atoms with Gasteiger partial charge >= 0.3 is 0 Å². The maximum atomic E-state index is 6.62. The van der Waals surface area contributed by atoms with Crippen LogP contribution in [-0.2, 0) is 0 Å². The quantitative estimate of drug-likeness (QED) is 0.176. The minimum atomic E-state index is 0.720. The van der Waals surface area contributed by atoms with Crippen LogP contribution in [0.1, 0.15) is 22.3 Å². The van der Waals surface area contributed by atoms with Crippen molar-refractivity contribution in [2.75, 3.05) is 0 Å². The van der Waals surface area contributed by atoms with Gasteiger partial charge in [-0.3, -0.25) is 13.8 Å². The Morgan fingerprint density at radius 1 is 0.529 bits per heavy atom. The number of ether oxygens (including phenoxy) is 1. The van der Waals surface area contributed by atoms with E-state index in [2.05, 4.69) is 120 Å². The van der Waals surface area contributed by atoms with Gasteiger partial charge in [0, 0.05) is 51.3 Å². The Labute approximate surface area is 293 Å². The fourth-order valence-corrected chi connectivity index (χ4v) is 7.95. The van der Waals surface area contributed by atoms with Crippen molar-refractivity contribution < 1.29 is 4.74 Å². The lowest BCUT2D eigenvalue weighted by Gasteiger charge is -2.16. The molecule has 0 unspecified atom stereocenters. The molecule has 244 valence electrons. The van der Waals surface area contributed by atoms with Crippen LogP contribution in [0.3, 0.4) is 0 Å². The molecule has 10 rings (SSSR count). The highest BCUT2D eigenvalue weighted by Crippen LogP contribution is 2.39. The minimum Gasteiger partial charge on any atom is -0.457 e. The number of benzene rings is 4. The van der Waals surface area contributed by atoms with E-state index in [0.717, 1.165) is 83.4 Å². The molecule has 4 aromatic carbocycles. The highest BCUT2D eigenvalue weighted by atomic mass is 16.5. The molecule has 7 nitrogen and oxygen atoms in total. The third kappa shape index (κ3) is 4.37. The molecule has 10 aromatic rings. The second kappa shape index (κ2) is 11.0. The van der Waals surface area contributed by atoms with E-state index in [1.165, 1.54) is 27.8 Å². The Kier molecular flexibility index (Phi) is 6.30. The average Bonchev–Trinajstić information content (AvgIpc) is 3.81. The van der Waals surface area contributed by atoms with Gasteiger partial charge in [-0.25, -0.2) is 15.0 Å². The van der Waals surface area contributed by atoms with E-state index in [0.29, 0.717) is 0 Å². The van der Waals surface area contributed by atoms with Gasteiger partial charge in [0.15, 0.2) is 0 Å². The molecular weight excluding hydrogens is 629 g/mol. The number of pyridine rings is 4. The van der Waals surface area contributed by atoms with Crippen molar-refractivity contribution in [3.8, 4) is 34.0 Å². The first kappa shape index (κ1) is 29.3. The number of imidazole rings is 2. The largest absolute Gasteiger partial charge is 0.457 e. The molecule has 0 saturated heterocycles. The van der Waals surface area contributed by atoms with Gasteiger partial charge in [0.05, 0.1) is 28.6 Å². The topological polar surface area (TPSA) is 69.6 Å². The number of fused-ring (bicyclic) bond motifs is 12.